The third-order valence-corrected chi connectivity index (χ3v) is 5.73. The van der Waals surface area contributed by atoms with Crippen LogP contribution in [0.15, 0.2) is 28.3 Å². The number of aromatic nitrogens is 2. The topological polar surface area (TPSA) is 59.4 Å². The van der Waals surface area contributed by atoms with E-state index in [-0.39, 0.29) is 6.61 Å². The van der Waals surface area contributed by atoms with Gasteiger partial charge in [-0.15, -0.1) is 0 Å². The predicted molar refractivity (Wildman–Crippen MR) is 130 cm³/mol. The smallest absolute Gasteiger partial charge is 0.411 e. The van der Waals surface area contributed by atoms with Gasteiger partial charge in [0.05, 0.1) is 15.7 Å². The Balaban J connectivity index is 1.99. The fourth-order valence-corrected chi connectivity index (χ4v) is 3.36. The van der Waals surface area contributed by atoms with Crippen molar-refractivity contribution in [3.05, 3.63) is 50.3 Å². The molecule has 1 amide bonds. The molecule has 0 saturated carbocycles. The molecular weight excluding hydrogens is 435 g/mol. The summed E-state index contributed by atoms with van der Waals surface area (Å²) in [6, 6.07) is 5.96. The van der Waals surface area contributed by atoms with E-state index >= 15 is 0 Å². The van der Waals surface area contributed by atoms with E-state index in [9.17, 15) is 4.79 Å². The van der Waals surface area contributed by atoms with Gasteiger partial charge in [0.2, 0.25) is 0 Å². The molecule has 0 spiro atoms. The summed E-state index contributed by atoms with van der Waals surface area (Å²) in [4.78, 5) is 18.9. The van der Waals surface area contributed by atoms with E-state index in [4.69, 9.17) is 27.9 Å². The first-order valence-electron chi connectivity index (χ1n) is 10.2. The molecule has 1 aromatic carbocycles. The third-order valence-electron chi connectivity index (χ3n) is 5.03. The Hall–Kier alpha value is -2.44. The van der Waals surface area contributed by atoms with Crippen LogP contribution in [0, 0.1) is 6.92 Å². The average Bonchev–Trinajstić information content (AvgIpc) is 2.98. The second kappa shape index (κ2) is 11.3. The highest BCUT2D eigenvalue weighted by Crippen LogP contribution is 2.22. The lowest BCUT2D eigenvalue weighted by Crippen LogP contribution is -2.27. The number of carbonyl (C=O) groups is 1. The van der Waals surface area contributed by atoms with Gasteiger partial charge in [-0.3, -0.25) is 5.32 Å². The van der Waals surface area contributed by atoms with E-state index in [0.29, 0.717) is 21.8 Å². The van der Waals surface area contributed by atoms with Gasteiger partial charge in [0.25, 0.3) is 0 Å². The number of benzene rings is 1. The number of carbonyl (C=O) groups excluding carboxylic acids is 1. The Morgan fingerprint density at radius 2 is 2.00 bits per heavy atom. The molecule has 0 radical (unpaired) electrons. The van der Waals surface area contributed by atoms with Crippen LogP contribution in [-0.4, -0.2) is 35.3 Å². The number of amides is 1. The number of hydrogen-bond acceptors (Lipinski definition) is 4. The summed E-state index contributed by atoms with van der Waals surface area (Å²) in [6.07, 6.45) is 1.67. The maximum Gasteiger partial charge on any atom is 0.411 e. The fraction of sp³-hybridized carbons (Fsp3) is 0.391. The molecule has 0 aliphatic rings. The standard InChI is InChI=1S/C23H30Cl2N4O2/c1-7-29(8-2)18-9-10-20(15(3)13-18)27-23(30)31-12-11-22-26-17(5)21(28(22)6)14-19(25)16(4)24/h9-10,13-14H,5,7-8,11-12H2,1-4,6H3,(H,27,30)/b19-16-,21-14+. The number of anilines is 2. The highest BCUT2D eigenvalue weighted by Gasteiger charge is 2.10. The van der Waals surface area contributed by atoms with Crippen LogP contribution < -0.4 is 20.9 Å². The zero-order valence-electron chi connectivity index (χ0n) is 18.8. The molecule has 168 valence electrons. The quantitative estimate of drug-likeness (QED) is 0.633. The molecule has 0 saturated heterocycles. The summed E-state index contributed by atoms with van der Waals surface area (Å²) in [6.45, 7) is 13.9. The van der Waals surface area contributed by atoms with Gasteiger partial charge in [-0.1, -0.05) is 29.8 Å². The minimum Gasteiger partial charge on any atom is -0.449 e. The Labute approximate surface area is 193 Å². The predicted octanol–water partition coefficient (Wildman–Crippen LogP) is 4.27. The van der Waals surface area contributed by atoms with Gasteiger partial charge in [-0.05, 0) is 57.5 Å². The van der Waals surface area contributed by atoms with Crippen molar-refractivity contribution in [2.24, 2.45) is 7.05 Å². The highest BCUT2D eigenvalue weighted by atomic mass is 35.5. The van der Waals surface area contributed by atoms with E-state index in [1.165, 1.54) is 0 Å². The molecule has 31 heavy (non-hydrogen) atoms. The number of nitrogens with zero attached hydrogens (tertiary/aromatic N) is 3. The number of hydrogen-bond donors (Lipinski definition) is 1. The molecule has 2 aromatic rings. The van der Waals surface area contributed by atoms with E-state index in [1.807, 2.05) is 30.7 Å². The summed E-state index contributed by atoms with van der Waals surface area (Å²) in [5.41, 5.74) is 2.84. The minimum absolute atomic E-state index is 0.185. The molecule has 1 N–H and O–H groups in total. The van der Waals surface area contributed by atoms with Crippen LogP contribution in [0.2, 0.25) is 0 Å². The first-order valence-corrected chi connectivity index (χ1v) is 11.0. The summed E-state index contributed by atoms with van der Waals surface area (Å²) >= 11 is 12.0. The van der Waals surface area contributed by atoms with Gasteiger partial charge in [-0.2, -0.15) is 0 Å². The maximum atomic E-state index is 12.2. The number of aryl methyl sites for hydroxylation is 1. The number of imidazole rings is 1. The van der Waals surface area contributed by atoms with Crippen LogP contribution in [0.25, 0.3) is 12.7 Å². The van der Waals surface area contributed by atoms with Gasteiger partial charge in [0.15, 0.2) is 0 Å². The molecule has 0 bridgehead atoms. The maximum absolute atomic E-state index is 12.2. The molecular formula is C23H30Cl2N4O2. The number of allylic oxidation sites excluding steroid dienone is 2. The monoisotopic (exact) mass is 464 g/mol. The van der Waals surface area contributed by atoms with Crippen LogP contribution in [0.5, 0.6) is 0 Å². The largest absolute Gasteiger partial charge is 0.449 e. The summed E-state index contributed by atoms with van der Waals surface area (Å²) in [7, 11) is 1.86. The first-order chi connectivity index (χ1) is 14.7. The van der Waals surface area contributed by atoms with Gasteiger partial charge < -0.3 is 14.2 Å². The van der Waals surface area contributed by atoms with E-state index in [1.54, 1.807) is 13.0 Å². The molecule has 0 fully saturated rings. The molecule has 0 atom stereocenters. The Morgan fingerprint density at radius 3 is 2.58 bits per heavy atom. The number of rotatable bonds is 8. The van der Waals surface area contributed by atoms with Crippen LogP contribution in [0.4, 0.5) is 16.2 Å². The van der Waals surface area contributed by atoms with Crippen molar-refractivity contribution in [3.8, 4) is 0 Å². The second-order valence-corrected chi connectivity index (χ2v) is 8.10. The fourth-order valence-electron chi connectivity index (χ4n) is 3.20. The van der Waals surface area contributed by atoms with Crippen molar-refractivity contribution in [1.82, 2.24) is 9.55 Å². The molecule has 1 heterocycles. The molecule has 0 aliphatic heterocycles. The molecule has 1 aromatic heterocycles. The number of nitrogens with one attached hydrogen (secondary N) is 1. The first kappa shape index (κ1) is 24.8. The van der Waals surface area contributed by atoms with E-state index in [2.05, 4.69) is 41.7 Å². The zero-order chi connectivity index (χ0) is 23.1. The average molecular weight is 465 g/mol. The van der Waals surface area contributed by atoms with Crippen LogP contribution in [-0.2, 0) is 18.2 Å². The molecule has 0 unspecified atom stereocenters. The van der Waals surface area contributed by atoms with Gasteiger partial charge in [0, 0.05) is 43.0 Å². The minimum atomic E-state index is -0.502. The zero-order valence-corrected chi connectivity index (χ0v) is 20.3. The lowest BCUT2D eigenvalue weighted by atomic mass is 10.1. The highest BCUT2D eigenvalue weighted by molar-refractivity contribution is 6.41. The number of ether oxygens (including phenoxy) is 1. The SMILES string of the molecule is C=c1nc(CCOC(=O)Nc2ccc(N(CC)CC)cc2C)n(C)/c1=C/C(Cl)=C(\C)Cl. The van der Waals surface area contributed by atoms with Crippen molar-refractivity contribution >= 4 is 53.3 Å². The Bertz CT molecular complexity index is 1070. The van der Waals surface area contributed by atoms with E-state index in [0.717, 1.165) is 41.2 Å². The van der Waals surface area contributed by atoms with Gasteiger partial charge >= 0.3 is 6.09 Å². The van der Waals surface area contributed by atoms with Crippen molar-refractivity contribution in [3.63, 3.8) is 0 Å². The van der Waals surface area contributed by atoms with Crippen molar-refractivity contribution in [2.75, 3.05) is 29.9 Å². The van der Waals surface area contributed by atoms with Crippen molar-refractivity contribution < 1.29 is 9.53 Å². The molecule has 0 aliphatic carbocycles. The lowest BCUT2D eigenvalue weighted by molar-refractivity contribution is 0.162. The molecule has 2 rings (SSSR count). The van der Waals surface area contributed by atoms with Crippen molar-refractivity contribution in [2.45, 2.75) is 34.1 Å². The normalized spacial score (nSPS) is 12.5. The number of halogens is 2. The lowest BCUT2D eigenvalue weighted by Gasteiger charge is -2.22. The summed E-state index contributed by atoms with van der Waals surface area (Å²) in [5.74, 6) is 0.737. The molecule has 8 heteroatoms. The van der Waals surface area contributed by atoms with Gasteiger partial charge in [0.1, 0.15) is 12.4 Å². The Morgan fingerprint density at radius 1 is 1.32 bits per heavy atom. The summed E-state index contributed by atoms with van der Waals surface area (Å²) < 4.78 is 7.21. The van der Waals surface area contributed by atoms with Crippen molar-refractivity contribution in [1.29, 1.82) is 0 Å². The molecule has 6 nitrogen and oxygen atoms in total. The third kappa shape index (κ3) is 6.52. The second-order valence-electron chi connectivity index (χ2n) is 7.13. The summed E-state index contributed by atoms with van der Waals surface area (Å²) in [5, 5.41) is 5.07. The van der Waals surface area contributed by atoms with Crippen LogP contribution >= 0.6 is 23.2 Å². The van der Waals surface area contributed by atoms with Crippen LogP contribution in [0.1, 0.15) is 32.2 Å². The van der Waals surface area contributed by atoms with Gasteiger partial charge in [-0.25, -0.2) is 9.78 Å². The Kier molecular flexibility index (Phi) is 9.01. The van der Waals surface area contributed by atoms with Crippen LogP contribution in [0.3, 0.4) is 0 Å². The van der Waals surface area contributed by atoms with E-state index < -0.39 is 6.09 Å².